The van der Waals surface area contributed by atoms with Gasteiger partial charge in [0.1, 0.15) is 0 Å². The lowest BCUT2D eigenvalue weighted by Crippen LogP contribution is -2.59. The first kappa shape index (κ1) is 12.9. The van der Waals surface area contributed by atoms with Gasteiger partial charge in [-0.2, -0.15) is 0 Å². The van der Waals surface area contributed by atoms with Gasteiger partial charge in [0, 0.05) is 12.6 Å². The van der Waals surface area contributed by atoms with Crippen LogP contribution in [0, 0.1) is 5.92 Å². The topological polar surface area (TPSA) is 32.3 Å². The van der Waals surface area contributed by atoms with Crippen molar-refractivity contribution in [1.82, 2.24) is 10.2 Å². The molecule has 3 unspecified atom stereocenters. The van der Waals surface area contributed by atoms with E-state index in [4.69, 9.17) is 0 Å². The van der Waals surface area contributed by atoms with Crippen molar-refractivity contribution < 1.29 is 4.79 Å². The summed E-state index contributed by atoms with van der Waals surface area (Å²) in [5.41, 5.74) is -0.245. The van der Waals surface area contributed by atoms with Crippen LogP contribution in [0.2, 0.25) is 0 Å². The fraction of sp³-hybridized carbons (Fsp3) is 0.929. The summed E-state index contributed by atoms with van der Waals surface area (Å²) in [6, 6.07) is 0.405. The molecule has 0 aliphatic carbocycles. The molecule has 0 spiro atoms. The van der Waals surface area contributed by atoms with Crippen molar-refractivity contribution in [3.8, 4) is 0 Å². The SMILES string of the molecule is CCC1(C(=O)N2CCCC(C)C2C)CCCN1. The number of nitrogens with one attached hydrogen (secondary N) is 1. The van der Waals surface area contributed by atoms with Crippen molar-refractivity contribution >= 4 is 5.91 Å². The molecule has 3 nitrogen and oxygen atoms in total. The normalized spacial score (nSPS) is 38.4. The molecule has 2 aliphatic rings. The lowest BCUT2D eigenvalue weighted by Gasteiger charge is -2.42. The van der Waals surface area contributed by atoms with E-state index in [1.807, 2.05) is 0 Å². The lowest BCUT2D eigenvalue weighted by atomic mass is 9.87. The van der Waals surface area contributed by atoms with Crippen molar-refractivity contribution in [2.24, 2.45) is 5.92 Å². The van der Waals surface area contributed by atoms with Gasteiger partial charge >= 0.3 is 0 Å². The van der Waals surface area contributed by atoms with Crippen LogP contribution < -0.4 is 5.32 Å². The molecular formula is C14H26N2O. The summed E-state index contributed by atoms with van der Waals surface area (Å²) in [5, 5.41) is 3.46. The minimum atomic E-state index is -0.245. The summed E-state index contributed by atoms with van der Waals surface area (Å²) >= 11 is 0. The van der Waals surface area contributed by atoms with Crippen LogP contribution in [0.4, 0.5) is 0 Å². The molecule has 0 bridgehead atoms. The Morgan fingerprint density at radius 3 is 2.76 bits per heavy atom. The molecule has 2 fully saturated rings. The van der Waals surface area contributed by atoms with Gasteiger partial charge in [-0.25, -0.2) is 0 Å². The molecule has 0 aromatic rings. The summed E-state index contributed by atoms with van der Waals surface area (Å²) in [5.74, 6) is 1.000. The van der Waals surface area contributed by atoms with E-state index >= 15 is 0 Å². The number of piperidine rings is 1. The van der Waals surface area contributed by atoms with Gasteiger partial charge in [0.25, 0.3) is 0 Å². The molecule has 2 rings (SSSR count). The second-order valence-corrected chi connectivity index (χ2v) is 5.82. The second kappa shape index (κ2) is 4.97. The molecule has 3 heteroatoms. The Hall–Kier alpha value is -0.570. The maximum absolute atomic E-state index is 12.8. The maximum Gasteiger partial charge on any atom is 0.243 e. The van der Waals surface area contributed by atoms with Gasteiger partial charge < -0.3 is 10.2 Å². The lowest BCUT2D eigenvalue weighted by molar-refractivity contribution is -0.142. The number of hydrogen-bond acceptors (Lipinski definition) is 2. The van der Waals surface area contributed by atoms with Gasteiger partial charge in [0.2, 0.25) is 5.91 Å². The Kier molecular flexibility index (Phi) is 3.76. The van der Waals surface area contributed by atoms with E-state index in [-0.39, 0.29) is 5.54 Å². The number of likely N-dealkylation sites (tertiary alicyclic amines) is 1. The average molecular weight is 238 g/mol. The molecule has 98 valence electrons. The molecular weight excluding hydrogens is 212 g/mol. The van der Waals surface area contributed by atoms with Crippen LogP contribution in [0.25, 0.3) is 0 Å². The minimum absolute atomic E-state index is 0.245. The molecule has 0 aromatic heterocycles. The molecule has 1 amide bonds. The molecule has 2 heterocycles. The maximum atomic E-state index is 12.8. The zero-order valence-electron chi connectivity index (χ0n) is 11.5. The van der Waals surface area contributed by atoms with Gasteiger partial charge in [-0.1, -0.05) is 13.8 Å². The third-order valence-electron chi connectivity index (χ3n) is 4.89. The first-order valence-electron chi connectivity index (χ1n) is 7.17. The molecule has 17 heavy (non-hydrogen) atoms. The van der Waals surface area contributed by atoms with Crippen molar-refractivity contribution in [3.63, 3.8) is 0 Å². The fourth-order valence-corrected chi connectivity index (χ4v) is 3.34. The van der Waals surface area contributed by atoms with Crippen LogP contribution in [-0.2, 0) is 4.79 Å². The van der Waals surface area contributed by atoms with E-state index < -0.39 is 0 Å². The highest BCUT2D eigenvalue weighted by Gasteiger charge is 2.44. The van der Waals surface area contributed by atoms with E-state index in [0.717, 1.165) is 38.8 Å². The minimum Gasteiger partial charge on any atom is -0.338 e. The molecule has 1 N–H and O–H groups in total. The van der Waals surface area contributed by atoms with Crippen LogP contribution in [0.15, 0.2) is 0 Å². The third kappa shape index (κ3) is 2.22. The van der Waals surface area contributed by atoms with Crippen molar-refractivity contribution in [3.05, 3.63) is 0 Å². The molecule has 2 saturated heterocycles. The molecule has 0 radical (unpaired) electrons. The Balaban J connectivity index is 2.12. The van der Waals surface area contributed by atoms with Crippen LogP contribution in [0.1, 0.15) is 52.9 Å². The van der Waals surface area contributed by atoms with Gasteiger partial charge in [-0.3, -0.25) is 4.79 Å². The molecule has 0 saturated carbocycles. The van der Waals surface area contributed by atoms with Gasteiger partial charge in [0.05, 0.1) is 5.54 Å². The standard InChI is InChI=1S/C14H26N2O/c1-4-14(8-6-9-15-14)13(17)16-10-5-7-11(2)12(16)3/h11-12,15H,4-10H2,1-3H3. The van der Waals surface area contributed by atoms with Gasteiger partial charge in [0.15, 0.2) is 0 Å². The average Bonchev–Trinajstić information content (AvgIpc) is 2.82. The fourth-order valence-electron chi connectivity index (χ4n) is 3.34. The summed E-state index contributed by atoms with van der Waals surface area (Å²) in [4.78, 5) is 14.9. The third-order valence-corrected chi connectivity index (χ3v) is 4.89. The first-order valence-corrected chi connectivity index (χ1v) is 7.17. The van der Waals surface area contributed by atoms with E-state index in [0.29, 0.717) is 17.9 Å². The quantitative estimate of drug-likeness (QED) is 0.799. The smallest absolute Gasteiger partial charge is 0.243 e. The largest absolute Gasteiger partial charge is 0.338 e. The molecule has 2 aliphatic heterocycles. The summed E-state index contributed by atoms with van der Waals surface area (Å²) < 4.78 is 0. The number of hydrogen-bond donors (Lipinski definition) is 1. The number of carbonyl (C=O) groups excluding carboxylic acids is 1. The van der Waals surface area contributed by atoms with E-state index in [2.05, 4.69) is 31.0 Å². The molecule has 0 aromatic carbocycles. The van der Waals surface area contributed by atoms with Crippen molar-refractivity contribution in [2.75, 3.05) is 13.1 Å². The Labute approximate surface area is 105 Å². The predicted octanol–water partition coefficient (Wildman–Crippen LogP) is 2.17. The Morgan fingerprint density at radius 1 is 1.41 bits per heavy atom. The summed E-state index contributed by atoms with van der Waals surface area (Å²) in [6.07, 6.45) is 5.50. The highest BCUT2D eigenvalue weighted by Crippen LogP contribution is 2.30. The number of carbonyl (C=O) groups is 1. The second-order valence-electron chi connectivity index (χ2n) is 5.82. The number of amides is 1. The van der Waals surface area contributed by atoms with E-state index in [1.165, 1.54) is 6.42 Å². The monoisotopic (exact) mass is 238 g/mol. The first-order chi connectivity index (χ1) is 8.10. The van der Waals surface area contributed by atoms with Gasteiger partial charge in [-0.05, 0) is 51.5 Å². The zero-order valence-corrected chi connectivity index (χ0v) is 11.5. The number of rotatable bonds is 2. The Bertz CT molecular complexity index is 284. The van der Waals surface area contributed by atoms with Crippen molar-refractivity contribution in [2.45, 2.75) is 64.5 Å². The summed E-state index contributed by atoms with van der Waals surface area (Å²) in [6.45, 7) is 8.56. The Morgan fingerprint density at radius 2 is 2.18 bits per heavy atom. The van der Waals surface area contributed by atoms with Crippen LogP contribution in [0.3, 0.4) is 0 Å². The molecule has 3 atom stereocenters. The van der Waals surface area contributed by atoms with E-state index in [1.54, 1.807) is 0 Å². The van der Waals surface area contributed by atoms with Crippen LogP contribution in [-0.4, -0.2) is 35.5 Å². The number of nitrogens with zero attached hydrogens (tertiary/aromatic N) is 1. The van der Waals surface area contributed by atoms with Crippen molar-refractivity contribution in [1.29, 1.82) is 0 Å². The zero-order chi connectivity index (χ0) is 12.5. The summed E-state index contributed by atoms with van der Waals surface area (Å²) in [7, 11) is 0. The predicted molar refractivity (Wildman–Crippen MR) is 69.8 cm³/mol. The van der Waals surface area contributed by atoms with Crippen LogP contribution >= 0.6 is 0 Å². The van der Waals surface area contributed by atoms with E-state index in [9.17, 15) is 4.79 Å². The highest BCUT2D eigenvalue weighted by atomic mass is 16.2. The van der Waals surface area contributed by atoms with Gasteiger partial charge in [-0.15, -0.1) is 0 Å². The highest BCUT2D eigenvalue weighted by molar-refractivity contribution is 5.87. The van der Waals surface area contributed by atoms with Crippen LogP contribution in [0.5, 0.6) is 0 Å².